The van der Waals surface area contributed by atoms with E-state index in [1.54, 1.807) is 26.8 Å². The lowest BCUT2D eigenvalue weighted by molar-refractivity contribution is 0.0109. The van der Waals surface area contributed by atoms with Gasteiger partial charge in [0, 0.05) is 5.54 Å². The Labute approximate surface area is 108 Å². The quantitative estimate of drug-likeness (QED) is 0.753. The fourth-order valence-corrected chi connectivity index (χ4v) is 2.46. The molecule has 1 fully saturated rings. The van der Waals surface area contributed by atoms with Crippen LogP contribution in [0.1, 0.15) is 46.5 Å². The second kappa shape index (κ2) is 5.57. The largest absolute Gasteiger partial charge is 0.465 e. The van der Waals surface area contributed by atoms with Gasteiger partial charge in [-0.05, 0) is 33.1 Å². The molecule has 5 nitrogen and oxygen atoms in total. The van der Waals surface area contributed by atoms with Crippen LogP contribution in [-0.2, 0) is 0 Å². The monoisotopic (exact) mass is 254 g/mol. The van der Waals surface area contributed by atoms with Crippen molar-refractivity contribution >= 4 is 6.09 Å². The average Bonchev–Trinajstić information content (AvgIpc) is 2.17. The van der Waals surface area contributed by atoms with Gasteiger partial charge in [-0.1, -0.05) is 19.3 Å². The number of amides is 1. The maximum atomic E-state index is 11.4. The highest BCUT2D eigenvalue weighted by atomic mass is 16.4. The lowest BCUT2D eigenvalue weighted by atomic mass is 9.79. The summed E-state index contributed by atoms with van der Waals surface area (Å²) >= 11 is 0. The Morgan fingerprint density at radius 2 is 2.06 bits per heavy atom. The molecule has 0 bridgehead atoms. The molecule has 0 heterocycles. The van der Waals surface area contributed by atoms with Crippen LogP contribution >= 0.6 is 0 Å². The molecule has 18 heavy (non-hydrogen) atoms. The summed E-state index contributed by atoms with van der Waals surface area (Å²) in [5.41, 5.74) is -0.627. The minimum Gasteiger partial charge on any atom is -0.465 e. The van der Waals surface area contributed by atoms with Gasteiger partial charge in [0.2, 0.25) is 0 Å². The third kappa shape index (κ3) is 3.36. The highest BCUT2D eigenvalue weighted by molar-refractivity contribution is 5.66. The SMILES string of the molecule is CC(C)(C)N(C(=O)O)[C@H](CC1CCC1)[C@@H](O)C#N. The van der Waals surface area contributed by atoms with Gasteiger partial charge in [0.25, 0.3) is 0 Å². The first kappa shape index (κ1) is 14.8. The van der Waals surface area contributed by atoms with Crippen molar-refractivity contribution in [1.82, 2.24) is 4.90 Å². The second-order valence-electron chi connectivity index (χ2n) is 6.00. The van der Waals surface area contributed by atoms with E-state index in [0.29, 0.717) is 12.3 Å². The number of carbonyl (C=O) groups is 1. The molecule has 0 spiro atoms. The van der Waals surface area contributed by atoms with E-state index in [0.717, 1.165) is 19.3 Å². The molecule has 0 aliphatic heterocycles. The number of carboxylic acid groups (broad SMARTS) is 1. The summed E-state index contributed by atoms with van der Waals surface area (Å²) in [6.07, 6.45) is 1.50. The molecule has 0 aromatic heterocycles. The van der Waals surface area contributed by atoms with Crippen LogP contribution in [0, 0.1) is 17.2 Å². The molecule has 1 saturated carbocycles. The van der Waals surface area contributed by atoms with Crippen LogP contribution in [0.5, 0.6) is 0 Å². The standard InChI is InChI=1S/C13H22N2O3/c1-13(2,3)15(12(17)18)10(11(16)8-14)7-9-5-4-6-9/h9-11,16H,4-7H2,1-3H3,(H,17,18)/t10-,11+/m1/s1. The topological polar surface area (TPSA) is 84.6 Å². The Hall–Kier alpha value is -1.28. The van der Waals surface area contributed by atoms with Crippen molar-refractivity contribution in [2.45, 2.75) is 64.1 Å². The van der Waals surface area contributed by atoms with E-state index in [1.807, 2.05) is 0 Å². The summed E-state index contributed by atoms with van der Waals surface area (Å²) in [6, 6.07) is 1.14. The molecule has 0 radical (unpaired) electrons. The van der Waals surface area contributed by atoms with E-state index in [-0.39, 0.29) is 0 Å². The fourth-order valence-electron chi connectivity index (χ4n) is 2.46. The summed E-state index contributed by atoms with van der Waals surface area (Å²) in [4.78, 5) is 12.6. The van der Waals surface area contributed by atoms with Gasteiger partial charge in [-0.25, -0.2) is 4.79 Å². The zero-order valence-electron chi connectivity index (χ0n) is 11.3. The predicted molar refractivity (Wildman–Crippen MR) is 67.0 cm³/mol. The highest BCUT2D eigenvalue weighted by Crippen LogP contribution is 2.34. The molecule has 1 amide bonds. The van der Waals surface area contributed by atoms with Gasteiger partial charge in [-0.3, -0.25) is 4.90 Å². The zero-order chi connectivity index (χ0) is 13.9. The predicted octanol–water partition coefficient (Wildman–Crippen LogP) is 2.21. The van der Waals surface area contributed by atoms with Gasteiger partial charge in [0.05, 0.1) is 12.1 Å². The van der Waals surface area contributed by atoms with Crippen LogP contribution < -0.4 is 0 Å². The molecular weight excluding hydrogens is 232 g/mol. The normalized spacial score (nSPS) is 19.5. The molecule has 0 aromatic rings. The van der Waals surface area contributed by atoms with Crippen molar-refractivity contribution in [1.29, 1.82) is 5.26 Å². The Morgan fingerprint density at radius 3 is 2.33 bits per heavy atom. The maximum absolute atomic E-state index is 11.4. The molecule has 0 unspecified atom stereocenters. The van der Waals surface area contributed by atoms with Crippen LogP contribution in [-0.4, -0.2) is 38.9 Å². The van der Waals surface area contributed by atoms with E-state index < -0.39 is 23.8 Å². The van der Waals surface area contributed by atoms with Crippen LogP contribution in [0.3, 0.4) is 0 Å². The molecule has 1 aliphatic carbocycles. The van der Waals surface area contributed by atoms with E-state index in [4.69, 9.17) is 5.26 Å². The first-order valence-electron chi connectivity index (χ1n) is 6.37. The minimum absolute atomic E-state index is 0.433. The van der Waals surface area contributed by atoms with E-state index >= 15 is 0 Å². The number of nitriles is 1. The molecule has 0 saturated heterocycles. The molecule has 5 heteroatoms. The van der Waals surface area contributed by atoms with Crippen molar-refractivity contribution in [3.63, 3.8) is 0 Å². The Kier molecular flexibility index (Phi) is 4.58. The zero-order valence-corrected chi connectivity index (χ0v) is 11.3. The number of hydrogen-bond donors (Lipinski definition) is 2. The first-order valence-corrected chi connectivity index (χ1v) is 6.37. The van der Waals surface area contributed by atoms with Crippen molar-refractivity contribution < 1.29 is 15.0 Å². The van der Waals surface area contributed by atoms with E-state index in [1.165, 1.54) is 4.90 Å². The van der Waals surface area contributed by atoms with Gasteiger partial charge in [-0.15, -0.1) is 0 Å². The molecule has 2 N–H and O–H groups in total. The summed E-state index contributed by atoms with van der Waals surface area (Å²) in [5.74, 6) is 0.433. The molecule has 1 rings (SSSR count). The number of rotatable bonds is 4. The molecule has 1 aliphatic rings. The number of aliphatic hydroxyl groups excluding tert-OH is 1. The van der Waals surface area contributed by atoms with Crippen LogP contribution in [0.25, 0.3) is 0 Å². The van der Waals surface area contributed by atoms with Crippen LogP contribution in [0.15, 0.2) is 0 Å². The van der Waals surface area contributed by atoms with Crippen molar-refractivity contribution in [2.75, 3.05) is 0 Å². The summed E-state index contributed by atoms with van der Waals surface area (Å²) in [5, 5.41) is 28.0. The summed E-state index contributed by atoms with van der Waals surface area (Å²) < 4.78 is 0. The Bertz CT molecular complexity index is 339. The maximum Gasteiger partial charge on any atom is 0.408 e. The highest BCUT2D eigenvalue weighted by Gasteiger charge is 2.39. The van der Waals surface area contributed by atoms with E-state index in [9.17, 15) is 15.0 Å². The average molecular weight is 254 g/mol. The second-order valence-corrected chi connectivity index (χ2v) is 6.00. The minimum atomic E-state index is -1.26. The van der Waals surface area contributed by atoms with Gasteiger partial charge in [-0.2, -0.15) is 5.26 Å². The van der Waals surface area contributed by atoms with Crippen molar-refractivity contribution in [2.24, 2.45) is 5.92 Å². The molecule has 2 atom stereocenters. The molecule has 0 aromatic carbocycles. The van der Waals surface area contributed by atoms with Gasteiger partial charge in [0.15, 0.2) is 6.10 Å². The van der Waals surface area contributed by atoms with Crippen molar-refractivity contribution in [3.05, 3.63) is 0 Å². The molecule has 102 valence electrons. The molecular formula is C13H22N2O3. The number of aliphatic hydroxyl groups is 1. The lowest BCUT2D eigenvalue weighted by Gasteiger charge is -2.42. The summed E-state index contributed by atoms with van der Waals surface area (Å²) in [7, 11) is 0. The number of nitrogens with zero attached hydrogens (tertiary/aromatic N) is 2. The third-order valence-corrected chi connectivity index (χ3v) is 3.56. The first-order chi connectivity index (χ1) is 8.27. The third-order valence-electron chi connectivity index (χ3n) is 3.56. The Balaban J connectivity index is 2.90. The number of hydrogen-bond acceptors (Lipinski definition) is 3. The summed E-state index contributed by atoms with van der Waals surface area (Å²) in [6.45, 7) is 5.33. The van der Waals surface area contributed by atoms with Crippen LogP contribution in [0.2, 0.25) is 0 Å². The lowest BCUT2D eigenvalue weighted by Crippen LogP contribution is -2.56. The van der Waals surface area contributed by atoms with Crippen LogP contribution in [0.4, 0.5) is 4.79 Å². The smallest absolute Gasteiger partial charge is 0.408 e. The fraction of sp³-hybridized carbons (Fsp3) is 0.846. The van der Waals surface area contributed by atoms with Gasteiger partial charge in [0.1, 0.15) is 0 Å². The van der Waals surface area contributed by atoms with E-state index in [2.05, 4.69) is 0 Å². The van der Waals surface area contributed by atoms with Crippen molar-refractivity contribution in [3.8, 4) is 6.07 Å². The van der Waals surface area contributed by atoms with Gasteiger partial charge >= 0.3 is 6.09 Å². The van der Waals surface area contributed by atoms with Gasteiger partial charge < -0.3 is 10.2 Å². The Morgan fingerprint density at radius 1 is 1.50 bits per heavy atom.